The lowest BCUT2D eigenvalue weighted by atomic mass is 10.0. The van der Waals surface area contributed by atoms with Crippen LogP contribution in [0.3, 0.4) is 0 Å². The van der Waals surface area contributed by atoms with E-state index >= 15 is 0 Å². The molecule has 4 atom stereocenters. The topological polar surface area (TPSA) is 176 Å². The maximum Gasteiger partial charge on any atom is 0.416 e. The molecule has 3 heterocycles. The van der Waals surface area contributed by atoms with Gasteiger partial charge in [0.1, 0.15) is 23.1 Å². The van der Waals surface area contributed by atoms with Gasteiger partial charge >= 0.3 is 24.5 Å². The fraction of sp³-hybridized carbons (Fsp3) is 0.372. The Kier molecular flexibility index (Phi) is 15.3. The highest BCUT2D eigenvalue weighted by molar-refractivity contribution is 7.92. The Labute approximate surface area is 382 Å². The third-order valence-corrected chi connectivity index (χ3v) is 10.9. The van der Waals surface area contributed by atoms with E-state index in [0.29, 0.717) is 5.56 Å². The maximum absolute atomic E-state index is 14.6. The molecule has 3 unspecified atom stereocenters. The van der Waals surface area contributed by atoms with Crippen molar-refractivity contribution in [2.45, 2.75) is 63.7 Å². The lowest BCUT2D eigenvalue weighted by molar-refractivity contribution is -0.145. The second-order valence-corrected chi connectivity index (χ2v) is 17.5. The lowest BCUT2D eigenvalue weighted by Gasteiger charge is -2.34. The molecule has 7 rings (SSSR count). The van der Waals surface area contributed by atoms with Crippen LogP contribution in [-0.4, -0.2) is 89.5 Å². The first-order chi connectivity index (χ1) is 31.3. The van der Waals surface area contributed by atoms with Gasteiger partial charge < -0.3 is 39.8 Å². The van der Waals surface area contributed by atoms with Crippen LogP contribution in [-0.2, 0) is 42.9 Å². The van der Waals surface area contributed by atoms with Gasteiger partial charge in [-0.1, -0.05) is 0 Å². The number of Topliss-reactive ketones (excluding diaryl/α,β-unsaturated/α-hetero) is 1. The summed E-state index contributed by atoms with van der Waals surface area (Å²) in [5, 5.41) is 14.2. The van der Waals surface area contributed by atoms with Gasteiger partial charge in [-0.05, 0) is 93.1 Å². The molecule has 3 aliphatic heterocycles. The van der Waals surface area contributed by atoms with E-state index in [9.17, 15) is 66.7 Å². The van der Waals surface area contributed by atoms with E-state index in [1.165, 1.54) is 35.9 Å². The predicted octanol–water partition coefficient (Wildman–Crippen LogP) is 8.05. The standard InChI is InChI=1S/C21H23F4N3O4S.C11H10F3NO3.C11H10F3NO2/c1-11-7-14(15(22)9-16(11)27-33(4,30)31)12(2)26-20(29)19-10-28(3)17-8-13(21(23,24)25)5-6-18(17)32-19;1-15-5-9(10(16)17)18-8-3-2-6(4-7(8)15)11(12,13)14;1-6(16)10-5-15-8-4-7(11(12,13)14)2-3-9(8)17-10/h5-9,12,19,27H,10H2,1-4H3,(H,26,29);2-4,9H,5H2,1H3,(H,16,17);2-4,10,15H,5H2,1H3/t12-,19?;;/m1../s1. The number of alkyl halides is 9. The van der Waals surface area contributed by atoms with E-state index in [1.54, 1.807) is 20.9 Å². The number of carbonyl (C=O) groups excluding carboxylic acids is 2. The average molecular weight is 996 g/mol. The second-order valence-electron chi connectivity index (χ2n) is 15.8. The number of anilines is 4. The Morgan fingerprint density at radius 1 is 0.735 bits per heavy atom. The number of carbonyl (C=O) groups is 3. The van der Waals surface area contributed by atoms with Crippen LogP contribution in [0.4, 0.5) is 66.7 Å². The zero-order valence-corrected chi connectivity index (χ0v) is 37.4. The molecule has 4 aromatic carbocycles. The molecule has 1 amide bonds. The number of likely N-dealkylation sites (N-methyl/N-ethyl adjacent to an activating group) is 2. The van der Waals surface area contributed by atoms with E-state index in [-0.39, 0.29) is 71.0 Å². The first-order valence-electron chi connectivity index (χ1n) is 19.9. The number of rotatable bonds is 7. The summed E-state index contributed by atoms with van der Waals surface area (Å²) in [6.07, 6.45) is -15.1. The largest absolute Gasteiger partial charge is 0.479 e. The van der Waals surface area contributed by atoms with Crippen molar-refractivity contribution in [1.82, 2.24) is 5.32 Å². The van der Waals surface area contributed by atoms with E-state index < -0.39 is 87.3 Å². The second kappa shape index (κ2) is 19.9. The molecule has 0 saturated heterocycles. The van der Waals surface area contributed by atoms with Crippen LogP contribution in [0.15, 0.2) is 66.7 Å². The minimum Gasteiger partial charge on any atom is -0.479 e. The van der Waals surface area contributed by atoms with Crippen molar-refractivity contribution in [3.63, 3.8) is 0 Å². The van der Waals surface area contributed by atoms with Crippen molar-refractivity contribution in [2.75, 3.05) is 59.8 Å². The number of carboxylic acids is 1. The Balaban J connectivity index is 0.000000208. The van der Waals surface area contributed by atoms with Gasteiger partial charge in [0.05, 0.1) is 71.4 Å². The van der Waals surface area contributed by atoms with E-state index in [0.717, 1.165) is 60.9 Å². The van der Waals surface area contributed by atoms with Gasteiger partial charge in [0.25, 0.3) is 5.91 Å². The number of sulfonamides is 1. The molecule has 68 heavy (non-hydrogen) atoms. The lowest BCUT2D eigenvalue weighted by Crippen LogP contribution is -2.48. The number of benzene rings is 4. The summed E-state index contributed by atoms with van der Waals surface area (Å²) in [7, 11) is -0.525. The smallest absolute Gasteiger partial charge is 0.416 e. The van der Waals surface area contributed by atoms with E-state index in [2.05, 4.69) is 15.4 Å². The van der Waals surface area contributed by atoms with Crippen molar-refractivity contribution in [3.05, 3.63) is 100 Å². The van der Waals surface area contributed by atoms with Crippen LogP contribution in [0.1, 0.15) is 47.7 Å². The Bertz CT molecular complexity index is 2660. The molecule has 0 spiro atoms. The first kappa shape index (κ1) is 52.3. The number of carboxylic acid groups (broad SMARTS) is 1. The van der Waals surface area contributed by atoms with Crippen molar-refractivity contribution in [2.24, 2.45) is 0 Å². The van der Waals surface area contributed by atoms with Crippen molar-refractivity contribution in [3.8, 4) is 17.2 Å². The molecule has 0 fully saturated rings. The normalized spacial score (nSPS) is 18.1. The van der Waals surface area contributed by atoms with Crippen LogP contribution >= 0.6 is 0 Å². The van der Waals surface area contributed by atoms with Gasteiger partial charge in [0.15, 0.2) is 18.0 Å². The highest BCUT2D eigenvalue weighted by atomic mass is 32.2. The summed E-state index contributed by atoms with van der Waals surface area (Å²) in [4.78, 5) is 37.6. The van der Waals surface area contributed by atoms with Crippen molar-refractivity contribution >= 4 is 50.4 Å². The SMILES string of the molecule is CC(=O)C1CNc2cc(C(F)(F)F)ccc2O1.CN1CC(C(=O)O)Oc2ccc(C(F)(F)F)cc21.Cc1cc([C@@H](C)NC(=O)C2CN(C)c3cc(C(F)(F)F)ccc3O2)c(F)cc1NS(C)(=O)=O. The Morgan fingerprint density at radius 3 is 1.66 bits per heavy atom. The fourth-order valence-corrected chi connectivity index (χ4v) is 7.44. The third kappa shape index (κ3) is 13.1. The number of nitrogens with one attached hydrogen (secondary N) is 3. The Morgan fingerprint density at radius 2 is 1.19 bits per heavy atom. The minimum atomic E-state index is -4.51. The minimum absolute atomic E-state index is 0.00361. The summed E-state index contributed by atoms with van der Waals surface area (Å²) >= 11 is 0. The average Bonchev–Trinajstić information content (AvgIpc) is 3.23. The number of nitrogens with zero attached hydrogens (tertiary/aromatic N) is 2. The van der Waals surface area contributed by atoms with Gasteiger partial charge in [-0.3, -0.25) is 14.3 Å². The van der Waals surface area contributed by atoms with Crippen molar-refractivity contribution < 1.29 is 86.0 Å². The number of ketones is 1. The highest BCUT2D eigenvalue weighted by Crippen LogP contribution is 2.41. The molecule has 370 valence electrons. The number of fused-ring (bicyclic) bond motifs is 3. The molecular weight excluding hydrogens is 953 g/mol. The van der Waals surface area contributed by atoms with Crippen LogP contribution < -0.4 is 39.4 Å². The molecule has 4 N–H and O–H groups in total. The van der Waals surface area contributed by atoms with Gasteiger partial charge in [-0.2, -0.15) is 39.5 Å². The molecular formula is C43H43F10N5O9S. The monoisotopic (exact) mass is 995 g/mol. The zero-order chi connectivity index (χ0) is 50.8. The summed E-state index contributed by atoms with van der Waals surface area (Å²) < 4.78 is 170. The maximum atomic E-state index is 14.6. The first-order valence-corrected chi connectivity index (χ1v) is 21.8. The van der Waals surface area contributed by atoms with E-state index in [1.807, 2.05) is 0 Å². The van der Waals surface area contributed by atoms with Gasteiger partial charge in [-0.25, -0.2) is 17.6 Å². The van der Waals surface area contributed by atoms with Crippen LogP contribution in [0, 0.1) is 12.7 Å². The molecule has 0 aliphatic carbocycles. The summed E-state index contributed by atoms with van der Waals surface area (Å²) in [5.41, 5.74) is -0.964. The number of hydrogen-bond acceptors (Lipinski definition) is 11. The van der Waals surface area contributed by atoms with Crippen molar-refractivity contribution in [1.29, 1.82) is 0 Å². The summed E-state index contributed by atoms with van der Waals surface area (Å²) in [5.74, 6) is -2.06. The van der Waals surface area contributed by atoms with Crippen LogP contribution in [0.2, 0.25) is 0 Å². The zero-order valence-electron chi connectivity index (χ0n) is 36.6. The number of aryl methyl sites for hydroxylation is 1. The highest BCUT2D eigenvalue weighted by Gasteiger charge is 2.37. The quantitative estimate of drug-likeness (QED) is 0.131. The van der Waals surface area contributed by atoms with Gasteiger partial charge in [0.2, 0.25) is 16.1 Å². The number of amides is 1. The Hall–Kier alpha value is -6.66. The summed E-state index contributed by atoms with van der Waals surface area (Å²) in [6, 6.07) is 10.8. The molecule has 0 aromatic heterocycles. The summed E-state index contributed by atoms with van der Waals surface area (Å²) in [6.45, 7) is 4.70. The number of hydrogen-bond donors (Lipinski definition) is 4. The molecule has 25 heteroatoms. The third-order valence-electron chi connectivity index (χ3n) is 10.4. The molecule has 0 bridgehead atoms. The fourth-order valence-electron chi connectivity index (χ4n) is 6.82. The molecule has 14 nitrogen and oxygen atoms in total. The number of aliphatic carboxylic acids is 1. The van der Waals surface area contributed by atoms with E-state index in [4.69, 9.17) is 19.3 Å². The number of halogens is 10. The van der Waals surface area contributed by atoms with Crippen LogP contribution in [0.25, 0.3) is 0 Å². The molecule has 3 aliphatic rings. The van der Waals surface area contributed by atoms with Gasteiger partial charge in [-0.15, -0.1) is 0 Å². The molecule has 0 saturated carbocycles. The van der Waals surface area contributed by atoms with Gasteiger partial charge in [0, 0.05) is 19.7 Å². The number of ether oxygens (including phenoxy) is 3. The predicted molar refractivity (Wildman–Crippen MR) is 227 cm³/mol. The molecule has 0 radical (unpaired) electrons. The molecule has 4 aromatic rings. The van der Waals surface area contributed by atoms with Crippen LogP contribution in [0.5, 0.6) is 17.2 Å².